The molecule has 0 atom stereocenters. The van der Waals surface area contributed by atoms with Crippen molar-refractivity contribution >= 4 is 15.9 Å². The van der Waals surface area contributed by atoms with Gasteiger partial charge in [-0.05, 0) is 29.3 Å². The summed E-state index contributed by atoms with van der Waals surface area (Å²) in [5.74, 6) is -1.63. The molecule has 94 valence electrons. The van der Waals surface area contributed by atoms with Crippen molar-refractivity contribution < 1.29 is 8.78 Å². The molecular formula is C14H12BrF2N. The first-order valence-electron chi connectivity index (χ1n) is 5.55. The first kappa shape index (κ1) is 13.2. The van der Waals surface area contributed by atoms with Crippen LogP contribution >= 0.6 is 15.9 Å². The van der Waals surface area contributed by atoms with E-state index in [0.29, 0.717) is 13.1 Å². The normalized spacial score (nSPS) is 10.6. The van der Waals surface area contributed by atoms with Crippen molar-refractivity contribution in [2.75, 3.05) is 0 Å². The molecule has 1 nitrogen and oxygen atoms in total. The summed E-state index contributed by atoms with van der Waals surface area (Å²) in [7, 11) is 0. The Balaban J connectivity index is 1.92. The van der Waals surface area contributed by atoms with E-state index in [4.69, 9.17) is 0 Å². The van der Waals surface area contributed by atoms with Crippen molar-refractivity contribution in [3.8, 4) is 0 Å². The lowest BCUT2D eigenvalue weighted by Gasteiger charge is -2.07. The Bertz CT molecular complexity index is 543. The van der Waals surface area contributed by atoms with E-state index in [-0.39, 0.29) is 0 Å². The van der Waals surface area contributed by atoms with Crippen molar-refractivity contribution in [2.45, 2.75) is 13.1 Å². The minimum Gasteiger partial charge on any atom is -0.309 e. The molecule has 2 rings (SSSR count). The summed E-state index contributed by atoms with van der Waals surface area (Å²) in [5.41, 5.74) is 1.85. The van der Waals surface area contributed by atoms with Crippen molar-refractivity contribution in [2.24, 2.45) is 0 Å². The van der Waals surface area contributed by atoms with Gasteiger partial charge in [0, 0.05) is 17.6 Å². The molecule has 2 aromatic carbocycles. The molecule has 0 aromatic heterocycles. The summed E-state index contributed by atoms with van der Waals surface area (Å²) in [6.07, 6.45) is 0. The molecule has 0 spiro atoms. The lowest BCUT2D eigenvalue weighted by molar-refractivity contribution is 0.506. The van der Waals surface area contributed by atoms with Gasteiger partial charge < -0.3 is 5.32 Å². The number of hydrogen-bond donors (Lipinski definition) is 1. The van der Waals surface area contributed by atoms with E-state index >= 15 is 0 Å². The molecular weight excluding hydrogens is 300 g/mol. The first-order chi connectivity index (χ1) is 8.66. The van der Waals surface area contributed by atoms with Crippen LogP contribution in [0, 0.1) is 11.6 Å². The van der Waals surface area contributed by atoms with E-state index < -0.39 is 11.6 Å². The largest absolute Gasteiger partial charge is 0.309 e. The number of benzene rings is 2. The highest BCUT2D eigenvalue weighted by Crippen LogP contribution is 2.15. The maximum atomic E-state index is 13.0. The second-order valence-electron chi connectivity index (χ2n) is 3.94. The molecule has 0 amide bonds. The summed E-state index contributed by atoms with van der Waals surface area (Å²) in [6.45, 7) is 1.17. The van der Waals surface area contributed by atoms with Gasteiger partial charge in [-0.1, -0.05) is 40.2 Å². The van der Waals surface area contributed by atoms with Crippen LogP contribution in [0.25, 0.3) is 0 Å². The third-order valence-corrected chi connectivity index (χ3v) is 3.36. The predicted molar refractivity (Wildman–Crippen MR) is 71.0 cm³/mol. The molecule has 0 unspecified atom stereocenters. The van der Waals surface area contributed by atoms with E-state index in [1.165, 1.54) is 6.07 Å². The minimum absolute atomic E-state index is 0.499. The van der Waals surface area contributed by atoms with Crippen LogP contribution < -0.4 is 5.32 Å². The van der Waals surface area contributed by atoms with Crippen molar-refractivity contribution in [1.82, 2.24) is 5.32 Å². The molecule has 4 heteroatoms. The maximum absolute atomic E-state index is 13.0. The number of hydrogen-bond acceptors (Lipinski definition) is 1. The highest BCUT2D eigenvalue weighted by molar-refractivity contribution is 9.10. The third kappa shape index (κ3) is 3.37. The molecule has 0 saturated carbocycles. The number of halogens is 3. The van der Waals surface area contributed by atoms with Gasteiger partial charge in [0.05, 0.1) is 0 Å². The predicted octanol–water partition coefficient (Wildman–Crippen LogP) is 4.02. The third-order valence-electron chi connectivity index (χ3n) is 2.59. The Kier molecular flexibility index (Phi) is 4.44. The monoisotopic (exact) mass is 311 g/mol. The smallest absolute Gasteiger partial charge is 0.159 e. The number of nitrogens with one attached hydrogen (secondary N) is 1. The SMILES string of the molecule is Fc1ccc(CNCc2ccccc2Br)cc1F. The lowest BCUT2D eigenvalue weighted by atomic mass is 10.2. The maximum Gasteiger partial charge on any atom is 0.159 e. The molecule has 1 N–H and O–H groups in total. The van der Waals surface area contributed by atoms with Gasteiger partial charge in [0.25, 0.3) is 0 Å². The van der Waals surface area contributed by atoms with E-state index in [1.807, 2.05) is 24.3 Å². The quantitative estimate of drug-likeness (QED) is 0.899. The summed E-state index contributed by atoms with van der Waals surface area (Å²) in [4.78, 5) is 0. The van der Waals surface area contributed by atoms with Crippen LogP contribution in [-0.2, 0) is 13.1 Å². The van der Waals surface area contributed by atoms with E-state index in [2.05, 4.69) is 21.2 Å². The molecule has 18 heavy (non-hydrogen) atoms. The summed E-state index contributed by atoms with van der Waals surface area (Å²) < 4.78 is 26.8. The Morgan fingerprint density at radius 3 is 2.44 bits per heavy atom. The second-order valence-corrected chi connectivity index (χ2v) is 4.80. The van der Waals surface area contributed by atoms with Gasteiger partial charge in [-0.3, -0.25) is 0 Å². The Labute approximate surface area is 113 Å². The van der Waals surface area contributed by atoms with Crippen molar-refractivity contribution in [3.05, 3.63) is 69.7 Å². The van der Waals surface area contributed by atoms with Crippen molar-refractivity contribution in [3.63, 3.8) is 0 Å². The zero-order valence-corrected chi connectivity index (χ0v) is 11.2. The first-order valence-corrected chi connectivity index (χ1v) is 6.34. The van der Waals surface area contributed by atoms with E-state index in [1.54, 1.807) is 6.07 Å². The zero-order valence-electron chi connectivity index (χ0n) is 9.59. The van der Waals surface area contributed by atoms with E-state index in [9.17, 15) is 8.78 Å². The van der Waals surface area contributed by atoms with Gasteiger partial charge in [-0.15, -0.1) is 0 Å². The van der Waals surface area contributed by atoms with Crippen LogP contribution in [0.4, 0.5) is 8.78 Å². The van der Waals surface area contributed by atoms with Crippen LogP contribution in [0.2, 0.25) is 0 Å². The lowest BCUT2D eigenvalue weighted by Crippen LogP contribution is -2.13. The zero-order chi connectivity index (χ0) is 13.0. The Morgan fingerprint density at radius 2 is 1.72 bits per heavy atom. The van der Waals surface area contributed by atoms with Gasteiger partial charge >= 0.3 is 0 Å². The summed E-state index contributed by atoms with van der Waals surface area (Å²) >= 11 is 3.45. The van der Waals surface area contributed by atoms with Gasteiger partial charge in [-0.2, -0.15) is 0 Å². The average molecular weight is 312 g/mol. The fourth-order valence-corrected chi connectivity index (χ4v) is 2.06. The molecule has 0 fully saturated rings. The van der Waals surface area contributed by atoms with Gasteiger partial charge in [0.1, 0.15) is 0 Å². The van der Waals surface area contributed by atoms with Crippen LogP contribution in [0.15, 0.2) is 46.9 Å². The standard InChI is InChI=1S/C14H12BrF2N/c15-12-4-2-1-3-11(12)9-18-8-10-5-6-13(16)14(17)7-10/h1-7,18H,8-9H2. The fraction of sp³-hybridized carbons (Fsp3) is 0.143. The van der Waals surface area contributed by atoms with Crippen molar-refractivity contribution in [1.29, 1.82) is 0 Å². The Hall–Kier alpha value is -1.26. The van der Waals surface area contributed by atoms with Crippen LogP contribution in [-0.4, -0.2) is 0 Å². The molecule has 0 bridgehead atoms. The molecule has 2 aromatic rings. The second kappa shape index (κ2) is 6.07. The molecule has 0 aliphatic carbocycles. The van der Waals surface area contributed by atoms with E-state index in [0.717, 1.165) is 21.7 Å². The molecule has 0 aliphatic heterocycles. The van der Waals surface area contributed by atoms with Gasteiger partial charge in [0.2, 0.25) is 0 Å². The molecule has 0 saturated heterocycles. The highest BCUT2D eigenvalue weighted by atomic mass is 79.9. The topological polar surface area (TPSA) is 12.0 Å². The number of rotatable bonds is 4. The summed E-state index contributed by atoms with van der Waals surface area (Å²) in [5, 5.41) is 3.19. The Morgan fingerprint density at radius 1 is 0.944 bits per heavy atom. The fourth-order valence-electron chi connectivity index (χ4n) is 1.63. The van der Waals surface area contributed by atoms with Crippen LogP contribution in [0.5, 0.6) is 0 Å². The minimum atomic E-state index is -0.815. The highest BCUT2D eigenvalue weighted by Gasteiger charge is 2.02. The van der Waals surface area contributed by atoms with Gasteiger partial charge in [-0.25, -0.2) is 8.78 Å². The van der Waals surface area contributed by atoms with Crippen LogP contribution in [0.1, 0.15) is 11.1 Å². The molecule has 0 aliphatic rings. The average Bonchev–Trinajstić information content (AvgIpc) is 2.36. The summed E-state index contributed by atoms with van der Waals surface area (Å²) in [6, 6.07) is 11.8. The molecule has 0 heterocycles. The molecule has 0 radical (unpaired) electrons. The van der Waals surface area contributed by atoms with Crippen LogP contribution in [0.3, 0.4) is 0 Å². The van der Waals surface area contributed by atoms with Gasteiger partial charge in [0.15, 0.2) is 11.6 Å².